The van der Waals surface area contributed by atoms with E-state index in [1.54, 1.807) is 18.4 Å². The molecule has 1 N–H and O–H groups in total. The monoisotopic (exact) mass is 382 g/mol. The van der Waals surface area contributed by atoms with Crippen molar-refractivity contribution in [3.8, 4) is 11.6 Å². The number of rotatable bonds is 3. The highest BCUT2D eigenvalue weighted by molar-refractivity contribution is 7.16. The van der Waals surface area contributed by atoms with Crippen LogP contribution in [-0.2, 0) is 19.5 Å². The molecule has 0 aliphatic carbocycles. The third kappa shape index (κ3) is 3.00. The second-order valence-electron chi connectivity index (χ2n) is 5.46. The van der Waals surface area contributed by atoms with Gasteiger partial charge in [-0.1, -0.05) is 23.2 Å². The Morgan fingerprint density at radius 2 is 2.25 bits per heavy atom. The molecule has 0 atom stereocenters. The summed E-state index contributed by atoms with van der Waals surface area (Å²) in [6.45, 7) is 1.91. The van der Waals surface area contributed by atoms with Crippen LogP contribution in [-0.4, -0.2) is 26.4 Å². The first-order valence-electron chi connectivity index (χ1n) is 7.29. The van der Waals surface area contributed by atoms with Gasteiger partial charge in [0.25, 0.3) is 5.56 Å². The summed E-state index contributed by atoms with van der Waals surface area (Å²) in [5, 5.41) is 0.427. The van der Waals surface area contributed by atoms with Gasteiger partial charge in [-0.2, -0.15) is 0 Å². The van der Waals surface area contributed by atoms with E-state index in [1.807, 2.05) is 0 Å². The molecule has 0 aromatic carbocycles. The lowest BCUT2D eigenvalue weighted by Gasteiger charge is -2.27. The number of thiazole rings is 1. The number of hydrogen-bond donors (Lipinski definition) is 1. The van der Waals surface area contributed by atoms with Gasteiger partial charge in [-0.05, 0) is 12.1 Å². The standard InChI is InChI=1S/C15H12Cl2N4O2S/c16-12-11(24-15(17)19-12)7-21-4-3-9-8(6-21)14(22)20-13(18-9)10-2-1-5-23-10/h1-2,5H,3-4,6-7H2,(H,18,20,22). The highest BCUT2D eigenvalue weighted by Crippen LogP contribution is 2.29. The van der Waals surface area contributed by atoms with Gasteiger partial charge in [0, 0.05) is 26.1 Å². The molecule has 0 fully saturated rings. The Kier molecular flexibility index (Phi) is 4.17. The summed E-state index contributed by atoms with van der Waals surface area (Å²) in [4.78, 5) is 26.8. The zero-order chi connectivity index (χ0) is 16.7. The predicted octanol–water partition coefficient (Wildman–Crippen LogP) is 3.35. The third-order valence-corrected chi connectivity index (χ3v) is 5.46. The van der Waals surface area contributed by atoms with Crippen molar-refractivity contribution < 1.29 is 4.42 Å². The van der Waals surface area contributed by atoms with E-state index in [0.717, 1.165) is 17.1 Å². The average Bonchev–Trinajstić information content (AvgIpc) is 3.18. The minimum absolute atomic E-state index is 0.135. The van der Waals surface area contributed by atoms with Crippen LogP contribution in [0.15, 0.2) is 27.6 Å². The largest absolute Gasteiger partial charge is 0.461 e. The molecular weight excluding hydrogens is 371 g/mol. The number of nitrogens with one attached hydrogen (secondary N) is 1. The number of nitrogens with zero attached hydrogens (tertiary/aromatic N) is 3. The quantitative estimate of drug-likeness (QED) is 0.751. The Balaban J connectivity index is 1.59. The molecule has 9 heteroatoms. The molecule has 3 aromatic heterocycles. The topological polar surface area (TPSA) is 75.0 Å². The lowest BCUT2D eigenvalue weighted by atomic mass is 10.1. The van der Waals surface area contributed by atoms with Crippen molar-refractivity contribution in [1.82, 2.24) is 19.9 Å². The molecule has 0 saturated carbocycles. The summed E-state index contributed by atoms with van der Waals surface area (Å²) < 4.78 is 5.73. The normalized spacial score (nSPS) is 14.8. The molecule has 0 bridgehead atoms. The van der Waals surface area contributed by atoms with E-state index < -0.39 is 0 Å². The number of halogens is 2. The SMILES string of the molecule is O=c1[nH]c(-c2ccco2)nc2c1CN(Cc1sc(Cl)nc1Cl)CC2. The van der Waals surface area contributed by atoms with Gasteiger partial charge in [0.1, 0.15) is 5.15 Å². The smallest absolute Gasteiger partial charge is 0.256 e. The summed E-state index contributed by atoms with van der Waals surface area (Å²) in [5.41, 5.74) is 1.36. The molecule has 1 aliphatic heterocycles. The molecule has 24 heavy (non-hydrogen) atoms. The van der Waals surface area contributed by atoms with Crippen molar-refractivity contribution in [3.63, 3.8) is 0 Å². The Labute approximate surface area is 151 Å². The molecule has 0 radical (unpaired) electrons. The minimum atomic E-state index is -0.135. The van der Waals surface area contributed by atoms with Gasteiger partial charge in [-0.3, -0.25) is 9.69 Å². The molecule has 6 nitrogen and oxygen atoms in total. The second-order valence-corrected chi connectivity index (χ2v) is 7.48. The maximum absolute atomic E-state index is 12.4. The molecule has 0 amide bonds. The van der Waals surface area contributed by atoms with Crippen molar-refractivity contribution in [2.24, 2.45) is 0 Å². The lowest BCUT2D eigenvalue weighted by Crippen LogP contribution is -2.35. The number of furan rings is 1. The molecule has 0 saturated heterocycles. The average molecular weight is 383 g/mol. The van der Waals surface area contributed by atoms with Crippen molar-refractivity contribution in [3.05, 3.63) is 54.5 Å². The van der Waals surface area contributed by atoms with Gasteiger partial charge in [0.15, 0.2) is 16.1 Å². The highest BCUT2D eigenvalue weighted by atomic mass is 35.5. The van der Waals surface area contributed by atoms with Gasteiger partial charge >= 0.3 is 0 Å². The first-order valence-corrected chi connectivity index (χ1v) is 8.86. The van der Waals surface area contributed by atoms with Gasteiger partial charge in [-0.15, -0.1) is 11.3 Å². The van der Waals surface area contributed by atoms with Crippen LogP contribution < -0.4 is 5.56 Å². The Morgan fingerprint density at radius 1 is 1.38 bits per heavy atom. The van der Waals surface area contributed by atoms with E-state index in [2.05, 4.69) is 19.9 Å². The lowest BCUT2D eigenvalue weighted by molar-refractivity contribution is 0.244. The van der Waals surface area contributed by atoms with Crippen LogP contribution in [0.2, 0.25) is 9.62 Å². The van der Waals surface area contributed by atoms with Gasteiger partial charge < -0.3 is 9.40 Å². The van der Waals surface area contributed by atoms with E-state index in [9.17, 15) is 4.79 Å². The third-order valence-electron chi connectivity index (χ3n) is 3.89. The van der Waals surface area contributed by atoms with E-state index in [1.165, 1.54) is 11.3 Å². The van der Waals surface area contributed by atoms with Gasteiger partial charge in [-0.25, -0.2) is 9.97 Å². The Bertz CT molecular complexity index is 936. The van der Waals surface area contributed by atoms with Crippen LogP contribution in [0.4, 0.5) is 0 Å². The zero-order valence-corrected chi connectivity index (χ0v) is 14.7. The van der Waals surface area contributed by atoms with Crippen molar-refractivity contribution in [2.45, 2.75) is 19.5 Å². The molecule has 1 aliphatic rings. The minimum Gasteiger partial charge on any atom is -0.461 e. The molecular formula is C15H12Cl2N4O2S. The zero-order valence-electron chi connectivity index (χ0n) is 12.4. The fourth-order valence-electron chi connectivity index (χ4n) is 2.75. The second kappa shape index (κ2) is 6.33. The molecule has 4 rings (SSSR count). The fourth-order valence-corrected chi connectivity index (χ4v) is 4.19. The van der Waals surface area contributed by atoms with E-state index in [4.69, 9.17) is 27.6 Å². The highest BCUT2D eigenvalue weighted by Gasteiger charge is 2.23. The van der Waals surface area contributed by atoms with Crippen molar-refractivity contribution in [2.75, 3.05) is 6.54 Å². The number of aromatic nitrogens is 3. The summed E-state index contributed by atoms with van der Waals surface area (Å²) in [5.74, 6) is 1.03. The first kappa shape index (κ1) is 15.8. The van der Waals surface area contributed by atoms with Crippen molar-refractivity contribution >= 4 is 34.5 Å². The predicted molar refractivity (Wildman–Crippen MR) is 92.5 cm³/mol. The Hall–Kier alpha value is -1.67. The molecule has 0 unspecified atom stereocenters. The molecule has 3 aromatic rings. The fraction of sp³-hybridized carbons (Fsp3) is 0.267. The maximum atomic E-state index is 12.4. The van der Waals surface area contributed by atoms with E-state index >= 15 is 0 Å². The number of aromatic amines is 1. The maximum Gasteiger partial charge on any atom is 0.256 e. The Morgan fingerprint density at radius 3 is 2.96 bits per heavy atom. The molecule has 124 valence electrons. The van der Waals surface area contributed by atoms with Crippen LogP contribution >= 0.6 is 34.5 Å². The summed E-state index contributed by atoms with van der Waals surface area (Å²) in [7, 11) is 0. The van der Waals surface area contributed by atoms with Gasteiger partial charge in [0.05, 0.1) is 22.4 Å². The van der Waals surface area contributed by atoms with Crippen LogP contribution in [0.5, 0.6) is 0 Å². The van der Waals surface area contributed by atoms with Crippen LogP contribution in [0.1, 0.15) is 16.1 Å². The first-order chi connectivity index (χ1) is 11.6. The number of H-pyrrole nitrogens is 1. The summed E-state index contributed by atoms with van der Waals surface area (Å²) in [6.07, 6.45) is 2.25. The van der Waals surface area contributed by atoms with E-state index in [0.29, 0.717) is 46.3 Å². The van der Waals surface area contributed by atoms with E-state index in [-0.39, 0.29) is 5.56 Å². The summed E-state index contributed by atoms with van der Waals surface area (Å²) in [6, 6.07) is 3.54. The number of hydrogen-bond acceptors (Lipinski definition) is 6. The van der Waals surface area contributed by atoms with Crippen molar-refractivity contribution in [1.29, 1.82) is 0 Å². The van der Waals surface area contributed by atoms with Crippen LogP contribution in [0.3, 0.4) is 0 Å². The number of fused-ring (bicyclic) bond motifs is 1. The summed E-state index contributed by atoms with van der Waals surface area (Å²) >= 11 is 13.3. The molecule has 4 heterocycles. The molecule has 0 spiro atoms. The van der Waals surface area contributed by atoms with Crippen LogP contribution in [0, 0.1) is 0 Å². The van der Waals surface area contributed by atoms with Gasteiger partial charge in [0.2, 0.25) is 0 Å². The van der Waals surface area contributed by atoms with Crippen LogP contribution in [0.25, 0.3) is 11.6 Å².